The first-order valence-electron chi connectivity index (χ1n) is 9.62. The highest BCUT2D eigenvalue weighted by molar-refractivity contribution is 6.15. The van der Waals surface area contributed by atoms with E-state index in [-0.39, 0.29) is 5.78 Å². The first kappa shape index (κ1) is 17.9. The van der Waals surface area contributed by atoms with E-state index in [0.29, 0.717) is 0 Å². The SMILES string of the molecule is O=C1C(=Cc2ccc(-n3cncn3)cc2)CCC1=Cc1ccc(-n2cncn2)cc1. The van der Waals surface area contributed by atoms with E-state index in [1.165, 1.54) is 12.7 Å². The van der Waals surface area contributed by atoms with E-state index in [1.54, 1.807) is 22.0 Å². The van der Waals surface area contributed by atoms with Crippen molar-refractivity contribution in [2.24, 2.45) is 0 Å². The molecule has 1 fully saturated rings. The van der Waals surface area contributed by atoms with Crippen molar-refractivity contribution in [2.75, 3.05) is 0 Å². The van der Waals surface area contributed by atoms with Crippen LogP contribution in [0.4, 0.5) is 0 Å². The fourth-order valence-electron chi connectivity index (χ4n) is 3.51. The molecular weight excluding hydrogens is 376 g/mol. The molecule has 30 heavy (non-hydrogen) atoms. The number of aromatic nitrogens is 6. The summed E-state index contributed by atoms with van der Waals surface area (Å²) in [5.74, 6) is 0.121. The minimum absolute atomic E-state index is 0.121. The molecule has 0 spiro atoms. The Morgan fingerprint density at radius 2 is 1.10 bits per heavy atom. The smallest absolute Gasteiger partial charge is 0.185 e. The van der Waals surface area contributed by atoms with Gasteiger partial charge in [0.2, 0.25) is 0 Å². The molecular formula is C23H18N6O. The third-order valence-electron chi connectivity index (χ3n) is 5.08. The zero-order valence-corrected chi connectivity index (χ0v) is 16.1. The van der Waals surface area contributed by atoms with Crippen LogP contribution >= 0.6 is 0 Å². The van der Waals surface area contributed by atoms with Gasteiger partial charge in [-0.05, 0) is 60.4 Å². The molecule has 0 radical (unpaired) electrons. The van der Waals surface area contributed by atoms with Gasteiger partial charge in [-0.1, -0.05) is 24.3 Å². The lowest BCUT2D eigenvalue weighted by molar-refractivity contribution is -0.111. The first-order valence-corrected chi connectivity index (χ1v) is 9.62. The third kappa shape index (κ3) is 3.60. The van der Waals surface area contributed by atoms with Gasteiger partial charge in [-0.15, -0.1) is 0 Å². The summed E-state index contributed by atoms with van der Waals surface area (Å²) in [5, 5.41) is 8.24. The maximum absolute atomic E-state index is 12.8. The van der Waals surface area contributed by atoms with E-state index in [4.69, 9.17) is 0 Å². The minimum atomic E-state index is 0.121. The van der Waals surface area contributed by atoms with E-state index in [9.17, 15) is 4.79 Å². The summed E-state index contributed by atoms with van der Waals surface area (Å²) in [7, 11) is 0. The summed E-state index contributed by atoms with van der Waals surface area (Å²) in [5.41, 5.74) is 5.55. The van der Waals surface area contributed by atoms with Crippen LogP contribution in [0.5, 0.6) is 0 Å². The van der Waals surface area contributed by atoms with Crippen molar-refractivity contribution in [2.45, 2.75) is 12.8 Å². The average Bonchev–Trinajstić information content (AvgIpc) is 3.55. The van der Waals surface area contributed by atoms with Crippen LogP contribution in [0.25, 0.3) is 23.5 Å². The maximum Gasteiger partial charge on any atom is 0.185 e. The lowest BCUT2D eigenvalue weighted by Gasteiger charge is -2.02. The Kier molecular flexibility index (Phi) is 4.61. The summed E-state index contributed by atoms with van der Waals surface area (Å²) >= 11 is 0. The number of carbonyl (C=O) groups is 1. The topological polar surface area (TPSA) is 78.5 Å². The molecule has 0 N–H and O–H groups in total. The summed E-state index contributed by atoms with van der Waals surface area (Å²) in [4.78, 5) is 20.8. The number of ketones is 1. The highest BCUT2D eigenvalue weighted by atomic mass is 16.1. The number of hydrogen-bond donors (Lipinski definition) is 0. The monoisotopic (exact) mass is 394 g/mol. The second-order valence-electron chi connectivity index (χ2n) is 7.03. The highest BCUT2D eigenvalue weighted by Crippen LogP contribution is 2.29. The number of Topliss-reactive ketones (excluding diaryl/α,β-unsaturated/α-hetero) is 1. The number of hydrogen-bond acceptors (Lipinski definition) is 5. The Morgan fingerprint density at radius 3 is 1.47 bits per heavy atom. The Morgan fingerprint density at radius 1 is 0.667 bits per heavy atom. The van der Waals surface area contributed by atoms with E-state index >= 15 is 0 Å². The minimum Gasteiger partial charge on any atom is -0.289 e. The van der Waals surface area contributed by atoms with Gasteiger partial charge in [0.05, 0.1) is 11.4 Å². The van der Waals surface area contributed by atoms with Crippen LogP contribution < -0.4 is 0 Å². The molecule has 0 saturated heterocycles. The van der Waals surface area contributed by atoms with Crippen LogP contribution in [0.1, 0.15) is 24.0 Å². The molecule has 1 saturated carbocycles. The second kappa shape index (κ2) is 7.71. The van der Waals surface area contributed by atoms with E-state index in [1.807, 2.05) is 60.7 Å². The summed E-state index contributed by atoms with van der Waals surface area (Å²) in [6.07, 6.45) is 11.8. The van der Waals surface area contributed by atoms with E-state index in [2.05, 4.69) is 20.2 Å². The normalized spacial score (nSPS) is 16.6. The fraction of sp³-hybridized carbons (Fsp3) is 0.0870. The molecule has 2 heterocycles. The molecule has 0 bridgehead atoms. The standard InChI is InChI=1S/C23H18N6O/c30-23-19(11-17-1-7-21(8-2-17)28-15-24-13-26-28)5-6-20(23)12-18-3-9-22(10-4-18)29-16-25-14-27-29/h1-4,7-16H,5-6H2. The number of nitrogens with zero attached hydrogens (tertiary/aromatic N) is 6. The summed E-state index contributed by atoms with van der Waals surface area (Å²) in [6, 6.07) is 15.8. The number of carbonyl (C=O) groups excluding carboxylic acids is 1. The van der Waals surface area contributed by atoms with Crippen LogP contribution in [-0.2, 0) is 4.79 Å². The Labute approximate surface area is 173 Å². The molecule has 1 aliphatic rings. The Balaban J connectivity index is 1.32. The van der Waals surface area contributed by atoms with Crippen molar-refractivity contribution >= 4 is 17.9 Å². The largest absolute Gasteiger partial charge is 0.289 e. The van der Waals surface area contributed by atoms with E-state index < -0.39 is 0 Å². The molecule has 0 amide bonds. The molecule has 7 nitrogen and oxygen atoms in total. The van der Waals surface area contributed by atoms with Gasteiger partial charge in [0.25, 0.3) is 0 Å². The zero-order chi connectivity index (χ0) is 20.3. The van der Waals surface area contributed by atoms with Crippen molar-refractivity contribution in [1.82, 2.24) is 29.5 Å². The molecule has 2 aromatic heterocycles. The number of allylic oxidation sites excluding steroid dienone is 2. The van der Waals surface area contributed by atoms with Crippen molar-refractivity contribution in [3.8, 4) is 11.4 Å². The van der Waals surface area contributed by atoms with Crippen molar-refractivity contribution in [1.29, 1.82) is 0 Å². The van der Waals surface area contributed by atoms with Gasteiger partial charge in [0.15, 0.2) is 5.78 Å². The van der Waals surface area contributed by atoms with Gasteiger partial charge in [-0.2, -0.15) is 10.2 Å². The number of rotatable bonds is 4. The zero-order valence-electron chi connectivity index (χ0n) is 16.1. The molecule has 5 rings (SSSR count). The van der Waals surface area contributed by atoms with Gasteiger partial charge >= 0.3 is 0 Å². The highest BCUT2D eigenvalue weighted by Gasteiger charge is 2.22. The molecule has 7 heteroatoms. The van der Waals surface area contributed by atoms with Crippen LogP contribution in [0, 0.1) is 0 Å². The molecule has 0 atom stereocenters. The van der Waals surface area contributed by atoms with Gasteiger partial charge in [-0.3, -0.25) is 4.79 Å². The van der Waals surface area contributed by atoms with Crippen LogP contribution in [0.3, 0.4) is 0 Å². The molecule has 0 aliphatic heterocycles. The maximum atomic E-state index is 12.8. The van der Waals surface area contributed by atoms with Crippen LogP contribution in [-0.4, -0.2) is 35.3 Å². The van der Waals surface area contributed by atoms with Crippen LogP contribution in [0.15, 0.2) is 85.0 Å². The molecule has 2 aromatic carbocycles. The first-order chi connectivity index (χ1) is 14.8. The van der Waals surface area contributed by atoms with Gasteiger partial charge in [0.1, 0.15) is 25.3 Å². The third-order valence-corrected chi connectivity index (χ3v) is 5.08. The predicted octanol–water partition coefficient (Wildman–Crippen LogP) is 3.68. The van der Waals surface area contributed by atoms with Crippen LogP contribution in [0.2, 0.25) is 0 Å². The molecule has 4 aromatic rings. The molecule has 146 valence electrons. The predicted molar refractivity (Wildman–Crippen MR) is 113 cm³/mol. The Hall–Kier alpha value is -4.13. The lowest BCUT2D eigenvalue weighted by Crippen LogP contribution is -1.97. The van der Waals surface area contributed by atoms with Crippen molar-refractivity contribution < 1.29 is 4.79 Å². The van der Waals surface area contributed by atoms with Gasteiger partial charge < -0.3 is 0 Å². The number of benzene rings is 2. The Bertz CT molecular complexity index is 1120. The van der Waals surface area contributed by atoms with Gasteiger partial charge in [0, 0.05) is 11.1 Å². The quantitative estimate of drug-likeness (QED) is 0.494. The average molecular weight is 394 g/mol. The molecule has 1 aliphatic carbocycles. The van der Waals surface area contributed by atoms with Crippen molar-refractivity contribution in [3.63, 3.8) is 0 Å². The summed E-state index contributed by atoms with van der Waals surface area (Å²) < 4.78 is 3.40. The van der Waals surface area contributed by atoms with Crippen molar-refractivity contribution in [3.05, 3.63) is 96.1 Å². The summed E-state index contributed by atoms with van der Waals surface area (Å²) in [6.45, 7) is 0. The lowest BCUT2D eigenvalue weighted by atomic mass is 10.1. The fourth-order valence-corrected chi connectivity index (χ4v) is 3.51. The van der Waals surface area contributed by atoms with E-state index in [0.717, 1.165) is 46.5 Å². The molecule has 0 unspecified atom stereocenters. The van der Waals surface area contributed by atoms with Gasteiger partial charge in [-0.25, -0.2) is 19.3 Å². The second-order valence-corrected chi connectivity index (χ2v) is 7.03.